The van der Waals surface area contributed by atoms with Crippen molar-refractivity contribution < 1.29 is 40.2 Å². The third kappa shape index (κ3) is 14.8. The molecule has 1 heterocycles. The molecule has 0 radical (unpaired) electrons. The number of aliphatic hydroxyl groups excluding tert-OH is 6. The smallest absolute Gasteiger partial charge is 0.311 e. The highest BCUT2D eigenvalue weighted by atomic mass is 16.5. The number of esters is 1. The van der Waals surface area contributed by atoms with Crippen molar-refractivity contribution in [3.63, 3.8) is 0 Å². The second kappa shape index (κ2) is 19.1. The van der Waals surface area contributed by atoms with Crippen LogP contribution < -0.4 is 0 Å². The second-order valence-corrected chi connectivity index (χ2v) is 10.8. The molecule has 0 aromatic heterocycles. The largest absolute Gasteiger partial charge is 0.462 e. The third-order valence-corrected chi connectivity index (χ3v) is 7.28. The van der Waals surface area contributed by atoms with Gasteiger partial charge in [0.25, 0.3) is 0 Å². The van der Waals surface area contributed by atoms with E-state index in [1.54, 1.807) is 45.1 Å². The van der Waals surface area contributed by atoms with Gasteiger partial charge in [-0.1, -0.05) is 74.6 Å². The molecular formula is C31H50O8. The summed E-state index contributed by atoms with van der Waals surface area (Å²) in [4.78, 5) is 12.5. The van der Waals surface area contributed by atoms with Gasteiger partial charge in [-0.3, -0.25) is 4.79 Å². The molecule has 10 atom stereocenters. The van der Waals surface area contributed by atoms with E-state index in [1.165, 1.54) is 0 Å². The van der Waals surface area contributed by atoms with E-state index in [0.717, 1.165) is 0 Å². The van der Waals surface area contributed by atoms with Gasteiger partial charge in [0, 0.05) is 18.3 Å². The lowest BCUT2D eigenvalue weighted by molar-refractivity contribution is -0.158. The Kier molecular flexibility index (Phi) is 17.1. The Labute approximate surface area is 233 Å². The molecule has 0 spiro atoms. The molecule has 1 aliphatic heterocycles. The van der Waals surface area contributed by atoms with Gasteiger partial charge in [-0.25, -0.2) is 0 Å². The summed E-state index contributed by atoms with van der Waals surface area (Å²) in [7, 11) is 0. The Balaban J connectivity index is 2.89. The molecule has 222 valence electrons. The highest BCUT2D eigenvalue weighted by Crippen LogP contribution is 2.20. The summed E-state index contributed by atoms with van der Waals surface area (Å²) in [6, 6.07) is 0. The molecule has 0 fully saturated rings. The van der Waals surface area contributed by atoms with Crippen molar-refractivity contribution in [1.82, 2.24) is 0 Å². The van der Waals surface area contributed by atoms with Crippen LogP contribution in [0, 0.1) is 17.8 Å². The number of hydrogen-bond donors (Lipinski definition) is 6. The van der Waals surface area contributed by atoms with Crippen molar-refractivity contribution >= 4 is 5.97 Å². The van der Waals surface area contributed by atoms with E-state index in [-0.39, 0.29) is 25.2 Å². The van der Waals surface area contributed by atoms with Crippen molar-refractivity contribution in [3.8, 4) is 0 Å². The summed E-state index contributed by atoms with van der Waals surface area (Å²) in [6.45, 7) is 6.99. The minimum atomic E-state index is -1.07. The van der Waals surface area contributed by atoms with Crippen LogP contribution in [0.4, 0.5) is 0 Å². The van der Waals surface area contributed by atoms with Crippen LogP contribution in [0.3, 0.4) is 0 Å². The highest BCUT2D eigenvalue weighted by Gasteiger charge is 2.28. The van der Waals surface area contributed by atoms with Crippen molar-refractivity contribution in [2.75, 3.05) is 0 Å². The molecule has 1 rings (SSSR count). The van der Waals surface area contributed by atoms with Gasteiger partial charge in [-0.05, 0) is 46.0 Å². The number of carbonyl (C=O) groups excluding carboxylic acids is 1. The summed E-state index contributed by atoms with van der Waals surface area (Å²) in [5, 5.41) is 62.1. The number of allylic oxidation sites excluding steroid dienone is 8. The van der Waals surface area contributed by atoms with E-state index in [1.807, 2.05) is 43.4 Å². The highest BCUT2D eigenvalue weighted by molar-refractivity contribution is 5.72. The molecule has 8 nitrogen and oxygen atoms in total. The van der Waals surface area contributed by atoms with Crippen LogP contribution in [0.5, 0.6) is 0 Å². The maximum absolute atomic E-state index is 12.5. The number of carbonyl (C=O) groups is 1. The Hall–Kier alpha value is -2.07. The van der Waals surface area contributed by atoms with Crippen LogP contribution >= 0.6 is 0 Å². The molecule has 39 heavy (non-hydrogen) atoms. The minimum absolute atomic E-state index is 0.00712. The van der Waals surface area contributed by atoms with Gasteiger partial charge < -0.3 is 35.4 Å². The van der Waals surface area contributed by atoms with Crippen LogP contribution in [0.15, 0.2) is 60.8 Å². The van der Waals surface area contributed by atoms with Gasteiger partial charge in [0.05, 0.1) is 42.5 Å². The Morgan fingerprint density at radius 1 is 0.641 bits per heavy atom. The second-order valence-electron chi connectivity index (χ2n) is 10.8. The molecule has 10 unspecified atom stereocenters. The van der Waals surface area contributed by atoms with Gasteiger partial charge in [-0.15, -0.1) is 0 Å². The Morgan fingerprint density at radius 3 is 1.72 bits per heavy atom. The summed E-state index contributed by atoms with van der Waals surface area (Å²) < 4.78 is 5.53. The van der Waals surface area contributed by atoms with E-state index in [9.17, 15) is 35.4 Å². The first-order valence-corrected chi connectivity index (χ1v) is 14.1. The Morgan fingerprint density at radius 2 is 1.13 bits per heavy atom. The van der Waals surface area contributed by atoms with Crippen LogP contribution in [-0.2, 0) is 9.53 Å². The van der Waals surface area contributed by atoms with Crippen LogP contribution in [0.25, 0.3) is 0 Å². The zero-order chi connectivity index (χ0) is 29.4. The first kappa shape index (κ1) is 35.0. The first-order valence-electron chi connectivity index (χ1n) is 14.1. The van der Waals surface area contributed by atoms with Crippen molar-refractivity contribution in [2.45, 2.75) is 109 Å². The average Bonchev–Trinajstić information content (AvgIpc) is 2.87. The molecule has 0 aromatic carbocycles. The van der Waals surface area contributed by atoms with Crippen molar-refractivity contribution in [1.29, 1.82) is 0 Å². The number of rotatable bonds is 0. The van der Waals surface area contributed by atoms with E-state index >= 15 is 0 Å². The van der Waals surface area contributed by atoms with Crippen molar-refractivity contribution in [2.24, 2.45) is 17.8 Å². The number of cyclic esters (lactones) is 1. The van der Waals surface area contributed by atoms with Crippen LogP contribution in [0.2, 0.25) is 0 Å². The lowest BCUT2D eigenvalue weighted by Crippen LogP contribution is -2.33. The molecule has 0 aliphatic carbocycles. The molecule has 0 amide bonds. The fraction of sp³-hybridized carbons (Fsp3) is 0.645. The first-order chi connectivity index (χ1) is 18.4. The minimum Gasteiger partial charge on any atom is -0.462 e. The van der Waals surface area contributed by atoms with Gasteiger partial charge in [0.1, 0.15) is 6.10 Å². The standard InChI is InChI=1S/C31H50O8/c1-21-14-11-9-7-5-6-8-10-12-17-28(35)22(2)29(36)20-27(34)18-25(32)15-13-16-26(33)19-30(37)23(3)31(38)39-24(21)4/h5-12,14,17,21-30,32-37H,13,15-16,18-20H2,1-4H3/b6-5-,9-7+,10-8+,14-11-,17-12+. The zero-order valence-corrected chi connectivity index (χ0v) is 23.8. The van der Waals surface area contributed by atoms with Gasteiger partial charge in [0.15, 0.2) is 0 Å². The summed E-state index contributed by atoms with van der Waals surface area (Å²) in [6.07, 6.45) is 13.2. The lowest BCUT2D eigenvalue weighted by Gasteiger charge is -2.25. The van der Waals surface area contributed by atoms with E-state index in [0.29, 0.717) is 19.3 Å². The molecule has 8 heteroatoms. The van der Waals surface area contributed by atoms with E-state index in [4.69, 9.17) is 4.74 Å². The fourth-order valence-electron chi connectivity index (χ4n) is 4.13. The SMILES string of the molecule is CC1\C=C/C=C/C=C\C=C\C=C\C(O)C(C)C(O)CC(O)CC(O)CCCC(O)CC(O)C(C)C(=O)OC1C. The van der Waals surface area contributed by atoms with Gasteiger partial charge in [-0.2, -0.15) is 0 Å². The third-order valence-electron chi connectivity index (χ3n) is 7.28. The van der Waals surface area contributed by atoms with Crippen LogP contribution in [0.1, 0.15) is 66.2 Å². The maximum atomic E-state index is 12.5. The maximum Gasteiger partial charge on any atom is 0.311 e. The Bertz CT molecular complexity index is 832. The lowest BCUT2D eigenvalue weighted by atomic mass is 9.91. The number of hydrogen-bond acceptors (Lipinski definition) is 8. The van der Waals surface area contributed by atoms with E-state index < -0.39 is 60.5 Å². The molecule has 6 N–H and O–H groups in total. The molecule has 0 saturated carbocycles. The fourth-order valence-corrected chi connectivity index (χ4v) is 4.13. The zero-order valence-electron chi connectivity index (χ0n) is 23.8. The molecule has 1 aliphatic rings. The van der Waals surface area contributed by atoms with Gasteiger partial charge in [0.2, 0.25) is 0 Å². The predicted molar refractivity (Wildman–Crippen MR) is 152 cm³/mol. The monoisotopic (exact) mass is 550 g/mol. The normalized spacial score (nSPS) is 41.7. The van der Waals surface area contributed by atoms with Crippen LogP contribution in [-0.4, -0.2) is 79.3 Å². The molecule has 0 bridgehead atoms. The predicted octanol–water partition coefficient (Wildman–Crippen LogP) is 3.13. The van der Waals surface area contributed by atoms with E-state index in [2.05, 4.69) is 0 Å². The van der Waals surface area contributed by atoms with Gasteiger partial charge >= 0.3 is 5.97 Å². The topological polar surface area (TPSA) is 148 Å². The summed E-state index contributed by atoms with van der Waals surface area (Å²) >= 11 is 0. The molecular weight excluding hydrogens is 500 g/mol. The number of aliphatic hydroxyl groups is 6. The molecule has 0 saturated heterocycles. The summed E-state index contributed by atoms with van der Waals surface area (Å²) in [5.41, 5.74) is 0. The molecule has 0 aromatic rings. The number of ether oxygens (including phenoxy) is 1. The summed E-state index contributed by atoms with van der Waals surface area (Å²) in [5.74, 6) is -1.88. The average molecular weight is 551 g/mol. The van der Waals surface area contributed by atoms with Crippen molar-refractivity contribution in [3.05, 3.63) is 60.8 Å². The quantitative estimate of drug-likeness (QED) is 0.252.